The first-order chi connectivity index (χ1) is 15.1. The van der Waals surface area contributed by atoms with Crippen LogP contribution in [-0.4, -0.2) is 56.5 Å². The Hall–Kier alpha value is -2.81. The predicted molar refractivity (Wildman–Crippen MR) is 126 cm³/mol. The number of thiazole rings is 1. The van der Waals surface area contributed by atoms with Gasteiger partial charge in [-0.15, -0.1) is 0 Å². The molecule has 4 rings (SSSR count). The average Bonchev–Trinajstić information content (AvgIpc) is 3.29. The van der Waals surface area contributed by atoms with Gasteiger partial charge >= 0.3 is 6.09 Å². The highest BCUT2D eigenvalue weighted by molar-refractivity contribution is 7.20. The van der Waals surface area contributed by atoms with Crippen LogP contribution in [0.3, 0.4) is 0 Å². The lowest BCUT2D eigenvalue weighted by Gasteiger charge is -2.45. The van der Waals surface area contributed by atoms with Crippen LogP contribution < -0.4 is 9.64 Å². The molecule has 2 aromatic heterocycles. The monoisotopic (exact) mass is 457 g/mol. The van der Waals surface area contributed by atoms with Crippen molar-refractivity contribution in [3.05, 3.63) is 36.2 Å². The van der Waals surface area contributed by atoms with Gasteiger partial charge in [-0.1, -0.05) is 17.4 Å². The molecule has 0 N–H and O–H groups in total. The SMILES string of the molecule is C[C@H]1CN(c2cccc3sc(OCc4ccnn4C)nc23)C[C@H](C)N1C(=O)OC(C)(C)C. The minimum absolute atomic E-state index is 0.0167. The molecule has 0 unspecified atom stereocenters. The zero-order valence-electron chi connectivity index (χ0n) is 19.5. The van der Waals surface area contributed by atoms with Crippen molar-refractivity contribution >= 4 is 33.3 Å². The van der Waals surface area contributed by atoms with Crippen LogP contribution in [0.25, 0.3) is 10.2 Å². The van der Waals surface area contributed by atoms with Gasteiger partial charge in [-0.2, -0.15) is 5.10 Å². The average molecular weight is 458 g/mol. The van der Waals surface area contributed by atoms with Crippen molar-refractivity contribution in [2.75, 3.05) is 18.0 Å². The van der Waals surface area contributed by atoms with E-state index in [2.05, 4.69) is 42.0 Å². The Morgan fingerprint density at radius 1 is 1.19 bits per heavy atom. The van der Waals surface area contributed by atoms with Crippen LogP contribution in [0.1, 0.15) is 40.3 Å². The molecule has 3 aromatic rings. The quantitative estimate of drug-likeness (QED) is 0.577. The fourth-order valence-electron chi connectivity index (χ4n) is 4.10. The zero-order chi connectivity index (χ0) is 23.0. The van der Waals surface area contributed by atoms with Gasteiger partial charge in [-0.05, 0) is 52.8 Å². The number of rotatable bonds is 4. The number of nitrogens with zero attached hydrogens (tertiary/aromatic N) is 5. The first kappa shape index (κ1) is 22.4. The summed E-state index contributed by atoms with van der Waals surface area (Å²) >= 11 is 1.54. The molecule has 2 atom stereocenters. The van der Waals surface area contributed by atoms with Crippen LogP contribution in [0.15, 0.2) is 30.5 Å². The number of hydrogen-bond donors (Lipinski definition) is 0. The molecule has 0 saturated carbocycles. The molecule has 1 aliphatic rings. The number of carbonyl (C=O) groups excluding carboxylic acids is 1. The van der Waals surface area contributed by atoms with Crippen LogP contribution in [-0.2, 0) is 18.4 Å². The Labute approximate surface area is 192 Å². The number of amides is 1. The summed E-state index contributed by atoms with van der Waals surface area (Å²) in [5, 5.41) is 4.82. The largest absolute Gasteiger partial charge is 0.464 e. The fraction of sp³-hybridized carbons (Fsp3) is 0.522. The second-order valence-electron chi connectivity index (χ2n) is 9.33. The number of ether oxygens (including phenoxy) is 2. The first-order valence-corrected chi connectivity index (χ1v) is 11.7. The summed E-state index contributed by atoms with van der Waals surface area (Å²) in [6.07, 6.45) is 1.50. The van der Waals surface area contributed by atoms with Gasteiger partial charge in [0.15, 0.2) is 0 Å². The normalized spacial score (nSPS) is 19.4. The number of piperazine rings is 1. The van der Waals surface area contributed by atoms with E-state index < -0.39 is 5.60 Å². The van der Waals surface area contributed by atoms with Crippen LogP contribution in [0.5, 0.6) is 5.19 Å². The summed E-state index contributed by atoms with van der Waals surface area (Å²) in [5.41, 5.74) is 2.48. The van der Waals surface area contributed by atoms with E-state index in [9.17, 15) is 4.79 Å². The Kier molecular flexibility index (Phi) is 6.03. The minimum Gasteiger partial charge on any atom is -0.464 e. The van der Waals surface area contributed by atoms with E-state index in [1.54, 1.807) is 22.2 Å². The number of fused-ring (bicyclic) bond motifs is 1. The molecule has 8 nitrogen and oxygen atoms in total. The van der Waals surface area contributed by atoms with Gasteiger partial charge in [-0.25, -0.2) is 9.78 Å². The molecule has 1 amide bonds. The third kappa shape index (κ3) is 4.67. The van der Waals surface area contributed by atoms with E-state index in [0.29, 0.717) is 24.9 Å². The molecular weight excluding hydrogens is 426 g/mol. The number of anilines is 1. The Balaban J connectivity index is 1.52. The molecular formula is C23H31N5O3S. The third-order valence-corrected chi connectivity index (χ3v) is 6.44. The standard InChI is InChI=1S/C23H31N5O3S/c1-15-12-27(13-16(2)28(15)22(29)31-23(3,4)5)18-8-7-9-19-20(18)25-21(32-19)30-14-17-10-11-24-26(17)6/h7-11,15-16H,12-14H2,1-6H3/t15-,16-/m0/s1. The van der Waals surface area contributed by atoms with E-state index in [1.165, 1.54) is 0 Å². The second kappa shape index (κ2) is 8.61. The molecule has 1 fully saturated rings. The summed E-state index contributed by atoms with van der Waals surface area (Å²) in [6, 6.07) is 8.18. The Bertz CT molecular complexity index is 1090. The van der Waals surface area contributed by atoms with Crippen molar-refractivity contribution in [2.24, 2.45) is 7.05 Å². The second-order valence-corrected chi connectivity index (χ2v) is 10.3. The van der Waals surface area contributed by atoms with Gasteiger partial charge in [0.2, 0.25) is 0 Å². The number of benzene rings is 1. The number of aromatic nitrogens is 3. The van der Waals surface area contributed by atoms with Gasteiger partial charge in [-0.3, -0.25) is 9.58 Å². The van der Waals surface area contributed by atoms with E-state index in [4.69, 9.17) is 14.5 Å². The molecule has 0 radical (unpaired) electrons. The van der Waals surface area contributed by atoms with Gasteiger partial charge in [0.05, 0.1) is 28.2 Å². The van der Waals surface area contributed by atoms with E-state index in [1.807, 2.05) is 38.8 Å². The van der Waals surface area contributed by atoms with Crippen molar-refractivity contribution in [3.8, 4) is 5.19 Å². The highest BCUT2D eigenvalue weighted by Crippen LogP contribution is 2.36. The van der Waals surface area contributed by atoms with E-state index >= 15 is 0 Å². The molecule has 172 valence electrons. The zero-order valence-corrected chi connectivity index (χ0v) is 20.3. The number of aryl methyl sites for hydroxylation is 1. The molecule has 1 aliphatic heterocycles. The summed E-state index contributed by atoms with van der Waals surface area (Å²) in [6.45, 7) is 11.7. The summed E-state index contributed by atoms with van der Waals surface area (Å²) in [4.78, 5) is 21.7. The number of para-hydroxylation sites is 1. The lowest BCUT2D eigenvalue weighted by atomic mass is 10.1. The van der Waals surface area contributed by atoms with Crippen LogP contribution in [0, 0.1) is 0 Å². The van der Waals surface area contributed by atoms with Crippen LogP contribution >= 0.6 is 11.3 Å². The number of carbonyl (C=O) groups is 1. The molecule has 1 aromatic carbocycles. The topological polar surface area (TPSA) is 72.7 Å². The summed E-state index contributed by atoms with van der Waals surface area (Å²) in [5.74, 6) is 0. The molecule has 1 saturated heterocycles. The maximum atomic E-state index is 12.7. The lowest BCUT2D eigenvalue weighted by molar-refractivity contribution is 0.00568. The highest BCUT2D eigenvalue weighted by atomic mass is 32.1. The van der Waals surface area contributed by atoms with Gasteiger partial charge in [0.25, 0.3) is 5.19 Å². The van der Waals surface area contributed by atoms with Crippen LogP contribution in [0.2, 0.25) is 0 Å². The van der Waals surface area contributed by atoms with Crippen molar-refractivity contribution in [1.82, 2.24) is 19.7 Å². The van der Waals surface area contributed by atoms with E-state index in [-0.39, 0.29) is 18.2 Å². The maximum Gasteiger partial charge on any atom is 0.410 e. The molecule has 0 spiro atoms. The van der Waals surface area contributed by atoms with Gasteiger partial charge in [0.1, 0.15) is 17.7 Å². The van der Waals surface area contributed by atoms with Gasteiger partial charge in [0, 0.05) is 26.3 Å². The Morgan fingerprint density at radius 2 is 1.91 bits per heavy atom. The molecule has 0 aliphatic carbocycles. The first-order valence-electron chi connectivity index (χ1n) is 10.9. The summed E-state index contributed by atoms with van der Waals surface area (Å²) in [7, 11) is 1.90. The predicted octanol–water partition coefficient (Wildman–Crippen LogP) is 4.44. The van der Waals surface area contributed by atoms with Crippen molar-refractivity contribution < 1.29 is 14.3 Å². The third-order valence-electron chi connectivity index (χ3n) is 5.51. The van der Waals surface area contributed by atoms with Crippen molar-refractivity contribution in [3.63, 3.8) is 0 Å². The summed E-state index contributed by atoms with van der Waals surface area (Å²) < 4.78 is 14.5. The van der Waals surface area contributed by atoms with Crippen molar-refractivity contribution in [1.29, 1.82) is 0 Å². The highest BCUT2D eigenvalue weighted by Gasteiger charge is 2.36. The molecule has 0 bridgehead atoms. The number of hydrogen-bond acceptors (Lipinski definition) is 7. The smallest absolute Gasteiger partial charge is 0.410 e. The minimum atomic E-state index is -0.508. The molecule has 32 heavy (non-hydrogen) atoms. The molecule has 3 heterocycles. The fourth-order valence-corrected chi connectivity index (χ4v) is 4.94. The van der Waals surface area contributed by atoms with Crippen molar-refractivity contribution in [2.45, 2.75) is 58.9 Å². The maximum absolute atomic E-state index is 12.7. The Morgan fingerprint density at radius 3 is 2.53 bits per heavy atom. The molecule has 9 heteroatoms. The lowest BCUT2D eigenvalue weighted by Crippen LogP contribution is -2.59. The van der Waals surface area contributed by atoms with Gasteiger partial charge < -0.3 is 14.4 Å². The van der Waals surface area contributed by atoms with Crippen LogP contribution in [0.4, 0.5) is 10.5 Å². The van der Waals surface area contributed by atoms with E-state index in [0.717, 1.165) is 21.6 Å².